The summed E-state index contributed by atoms with van der Waals surface area (Å²) >= 11 is 0. The van der Waals surface area contributed by atoms with Gasteiger partial charge in [0.05, 0.1) is 5.92 Å². The lowest BCUT2D eigenvalue weighted by Crippen LogP contribution is -2.43. The lowest BCUT2D eigenvalue weighted by Gasteiger charge is -2.17. The molecule has 1 aliphatic heterocycles. The van der Waals surface area contributed by atoms with E-state index in [1.807, 2.05) is 6.92 Å². The summed E-state index contributed by atoms with van der Waals surface area (Å²) in [6.45, 7) is 7.53. The van der Waals surface area contributed by atoms with Crippen LogP contribution < -0.4 is 10.6 Å². The van der Waals surface area contributed by atoms with Crippen LogP contribution in [0.2, 0.25) is 0 Å². The molecule has 1 aliphatic rings. The van der Waals surface area contributed by atoms with E-state index in [0.29, 0.717) is 13.0 Å². The topological polar surface area (TPSA) is 81.7 Å². The van der Waals surface area contributed by atoms with Crippen molar-refractivity contribution in [1.29, 1.82) is 0 Å². The fourth-order valence-corrected chi connectivity index (χ4v) is 2.53. The first-order chi connectivity index (χ1) is 9.99. The zero-order chi connectivity index (χ0) is 15.7. The van der Waals surface area contributed by atoms with Gasteiger partial charge in [0.25, 0.3) is 0 Å². The summed E-state index contributed by atoms with van der Waals surface area (Å²) < 4.78 is 0. The average molecular weight is 299 g/mol. The number of hydrogen-bond acceptors (Lipinski definition) is 3. The molecule has 6 nitrogen and oxygen atoms in total. The molecule has 1 fully saturated rings. The fourth-order valence-electron chi connectivity index (χ4n) is 2.53. The summed E-state index contributed by atoms with van der Waals surface area (Å²) in [5.74, 6) is -1.07. The molecule has 6 heteroatoms. The van der Waals surface area contributed by atoms with Gasteiger partial charge in [0.2, 0.25) is 0 Å². The van der Waals surface area contributed by atoms with Crippen molar-refractivity contribution in [2.75, 3.05) is 26.2 Å². The number of likely N-dealkylation sites (tertiary alicyclic amines) is 1. The Morgan fingerprint density at radius 3 is 2.48 bits per heavy atom. The van der Waals surface area contributed by atoms with E-state index in [0.717, 1.165) is 32.5 Å². The van der Waals surface area contributed by atoms with Crippen LogP contribution in [0.25, 0.3) is 0 Å². The second kappa shape index (κ2) is 9.60. The monoisotopic (exact) mass is 299 g/mol. The first-order valence-corrected chi connectivity index (χ1v) is 7.98. The fraction of sp³-hybridized carbons (Fsp3) is 0.867. The second-order valence-electron chi connectivity index (χ2n) is 6.02. The molecule has 1 rings (SSSR count). The van der Waals surface area contributed by atoms with Crippen molar-refractivity contribution < 1.29 is 14.7 Å². The highest BCUT2D eigenvalue weighted by Gasteiger charge is 2.13. The van der Waals surface area contributed by atoms with Gasteiger partial charge >= 0.3 is 12.0 Å². The third-order valence-corrected chi connectivity index (χ3v) is 3.99. The minimum Gasteiger partial charge on any atom is -0.481 e. The number of nitrogens with zero attached hydrogens (tertiary/aromatic N) is 1. The van der Waals surface area contributed by atoms with Gasteiger partial charge in [-0.3, -0.25) is 4.79 Å². The van der Waals surface area contributed by atoms with Crippen LogP contribution in [0.5, 0.6) is 0 Å². The summed E-state index contributed by atoms with van der Waals surface area (Å²) in [5, 5.41) is 14.6. The van der Waals surface area contributed by atoms with Gasteiger partial charge in [-0.25, -0.2) is 4.79 Å². The largest absolute Gasteiger partial charge is 0.481 e. The van der Waals surface area contributed by atoms with Gasteiger partial charge in [0, 0.05) is 19.1 Å². The van der Waals surface area contributed by atoms with Crippen molar-refractivity contribution in [2.45, 2.75) is 52.0 Å². The van der Waals surface area contributed by atoms with Crippen molar-refractivity contribution in [3.8, 4) is 0 Å². The Bertz CT molecular complexity index is 330. The normalized spacial score (nSPS) is 18.2. The van der Waals surface area contributed by atoms with Crippen molar-refractivity contribution in [3.63, 3.8) is 0 Å². The number of hydrogen-bond donors (Lipinski definition) is 3. The molecule has 0 radical (unpaired) electrons. The molecule has 0 aromatic carbocycles. The van der Waals surface area contributed by atoms with Crippen LogP contribution >= 0.6 is 0 Å². The van der Waals surface area contributed by atoms with E-state index in [1.54, 1.807) is 6.92 Å². The Morgan fingerprint density at radius 1 is 1.19 bits per heavy atom. The van der Waals surface area contributed by atoms with E-state index < -0.39 is 5.97 Å². The molecule has 0 bridgehead atoms. The summed E-state index contributed by atoms with van der Waals surface area (Å²) in [4.78, 5) is 24.8. The zero-order valence-corrected chi connectivity index (χ0v) is 13.2. The summed E-state index contributed by atoms with van der Waals surface area (Å²) in [6, 6.07) is -0.0641. The maximum absolute atomic E-state index is 11.7. The SMILES string of the molecule is CC(CCCC(C)C(=O)O)NC(=O)NCCN1CCCC1. The Kier molecular flexibility index (Phi) is 8.12. The van der Waals surface area contributed by atoms with Crippen LogP contribution in [-0.2, 0) is 4.79 Å². The number of carbonyl (C=O) groups is 2. The van der Waals surface area contributed by atoms with Gasteiger partial charge in [-0.2, -0.15) is 0 Å². The molecule has 1 heterocycles. The predicted molar refractivity (Wildman–Crippen MR) is 82.3 cm³/mol. The highest BCUT2D eigenvalue weighted by molar-refractivity contribution is 5.74. The van der Waals surface area contributed by atoms with Crippen LogP contribution in [0.15, 0.2) is 0 Å². The zero-order valence-electron chi connectivity index (χ0n) is 13.2. The molecule has 21 heavy (non-hydrogen) atoms. The average Bonchev–Trinajstić information content (AvgIpc) is 2.91. The van der Waals surface area contributed by atoms with Crippen LogP contribution in [-0.4, -0.2) is 54.2 Å². The van der Waals surface area contributed by atoms with Gasteiger partial charge in [-0.15, -0.1) is 0 Å². The summed E-state index contributed by atoms with van der Waals surface area (Å²) in [7, 11) is 0. The Labute approximate surface area is 127 Å². The number of nitrogens with one attached hydrogen (secondary N) is 2. The Morgan fingerprint density at radius 2 is 1.86 bits per heavy atom. The molecule has 0 aromatic heterocycles. The van der Waals surface area contributed by atoms with Gasteiger partial charge in [-0.1, -0.05) is 13.3 Å². The highest BCUT2D eigenvalue weighted by atomic mass is 16.4. The van der Waals surface area contributed by atoms with E-state index in [1.165, 1.54) is 12.8 Å². The minimum atomic E-state index is -0.754. The number of carboxylic acids is 1. The van der Waals surface area contributed by atoms with E-state index in [4.69, 9.17) is 5.11 Å². The minimum absolute atomic E-state index is 0.0674. The van der Waals surface area contributed by atoms with E-state index in [9.17, 15) is 9.59 Å². The van der Waals surface area contributed by atoms with Crippen LogP contribution in [0.4, 0.5) is 4.79 Å². The molecule has 2 atom stereocenters. The van der Waals surface area contributed by atoms with E-state index in [-0.39, 0.29) is 18.0 Å². The first kappa shape index (κ1) is 17.8. The molecule has 1 saturated heterocycles. The van der Waals surface area contributed by atoms with Crippen LogP contribution in [0.3, 0.4) is 0 Å². The standard InChI is InChI=1S/C15H29N3O3/c1-12(14(19)20)6-5-7-13(2)17-15(21)16-8-11-18-9-3-4-10-18/h12-13H,3-11H2,1-2H3,(H,19,20)(H2,16,17,21). The van der Waals surface area contributed by atoms with Gasteiger partial charge in [-0.05, 0) is 45.7 Å². The number of carboxylic acid groups (broad SMARTS) is 1. The lowest BCUT2D eigenvalue weighted by atomic mass is 10.0. The van der Waals surface area contributed by atoms with Gasteiger partial charge in [0.15, 0.2) is 0 Å². The molecular weight excluding hydrogens is 270 g/mol. The van der Waals surface area contributed by atoms with Crippen LogP contribution in [0, 0.1) is 5.92 Å². The Balaban J connectivity index is 2.03. The van der Waals surface area contributed by atoms with E-state index in [2.05, 4.69) is 15.5 Å². The molecule has 3 N–H and O–H groups in total. The van der Waals surface area contributed by atoms with Gasteiger partial charge in [0.1, 0.15) is 0 Å². The lowest BCUT2D eigenvalue weighted by molar-refractivity contribution is -0.141. The number of urea groups is 1. The maximum atomic E-state index is 11.7. The molecule has 2 unspecified atom stereocenters. The van der Waals surface area contributed by atoms with Gasteiger partial charge < -0.3 is 20.6 Å². The molecule has 0 aliphatic carbocycles. The number of carbonyl (C=O) groups excluding carboxylic acids is 1. The molecule has 0 saturated carbocycles. The molecule has 122 valence electrons. The third-order valence-electron chi connectivity index (χ3n) is 3.99. The number of amides is 2. The number of aliphatic carboxylic acids is 1. The second-order valence-corrected chi connectivity index (χ2v) is 6.02. The van der Waals surface area contributed by atoms with Crippen molar-refractivity contribution >= 4 is 12.0 Å². The predicted octanol–water partition coefficient (Wildman–Crippen LogP) is 1.66. The van der Waals surface area contributed by atoms with E-state index >= 15 is 0 Å². The first-order valence-electron chi connectivity index (χ1n) is 7.98. The molecule has 2 amide bonds. The van der Waals surface area contributed by atoms with Crippen molar-refractivity contribution in [1.82, 2.24) is 15.5 Å². The highest BCUT2D eigenvalue weighted by Crippen LogP contribution is 2.09. The Hall–Kier alpha value is -1.30. The number of rotatable bonds is 9. The smallest absolute Gasteiger partial charge is 0.315 e. The molecule has 0 spiro atoms. The summed E-state index contributed by atoms with van der Waals surface area (Å²) in [5.41, 5.74) is 0. The van der Waals surface area contributed by atoms with Crippen LogP contribution in [0.1, 0.15) is 46.0 Å². The summed E-state index contributed by atoms with van der Waals surface area (Å²) in [6.07, 6.45) is 4.79. The molecule has 0 aromatic rings. The van der Waals surface area contributed by atoms with Crippen molar-refractivity contribution in [2.24, 2.45) is 5.92 Å². The maximum Gasteiger partial charge on any atom is 0.315 e. The molecular formula is C15H29N3O3. The van der Waals surface area contributed by atoms with Crippen molar-refractivity contribution in [3.05, 3.63) is 0 Å². The quantitative estimate of drug-likeness (QED) is 0.605. The third kappa shape index (κ3) is 7.90.